The van der Waals surface area contributed by atoms with Gasteiger partial charge in [0.05, 0.1) is 6.04 Å². The molecule has 1 aromatic carbocycles. The quantitative estimate of drug-likeness (QED) is 0.893. The molecule has 20 heavy (non-hydrogen) atoms. The average Bonchev–Trinajstić information content (AvgIpc) is 2.46. The highest BCUT2D eigenvalue weighted by atomic mass is 16.2. The Balaban J connectivity index is 2.08. The molecular weight excluding hydrogens is 248 g/mol. The number of piperidine rings is 1. The summed E-state index contributed by atoms with van der Waals surface area (Å²) in [5, 5.41) is 3.36. The first-order chi connectivity index (χ1) is 9.63. The Morgan fingerprint density at radius 1 is 1.30 bits per heavy atom. The third kappa shape index (κ3) is 3.40. The lowest BCUT2D eigenvalue weighted by Gasteiger charge is -2.33. The van der Waals surface area contributed by atoms with Crippen molar-refractivity contribution in [2.24, 2.45) is 0 Å². The van der Waals surface area contributed by atoms with Gasteiger partial charge in [-0.15, -0.1) is 0 Å². The molecule has 110 valence electrons. The van der Waals surface area contributed by atoms with E-state index in [1.165, 1.54) is 5.56 Å². The SMILES string of the molecule is CCCNC1CCCN(c2ccc(C(C)C)cc2)C1=O. The smallest absolute Gasteiger partial charge is 0.244 e. The van der Waals surface area contributed by atoms with Gasteiger partial charge in [0.25, 0.3) is 0 Å². The molecule has 1 aliphatic rings. The lowest BCUT2D eigenvalue weighted by atomic mass is 10.0. The molecule has 1 unspecified atom stereocenters. The number of nitrogens with zero attached hydrogens (tertiary/aromatic N) is 1. The zero-order chi connectivity index (χ0) is 14.5. The van der Waals surface area contributed by atoms with Gasteiger partial charge in [-0.2, -0.15) is 0 Å². The van der Waals surface area contributed by atoms with E-state index in [0.29, 0.717) is 5.92 Å². The normalized spacial score (nSPS) is 19.7. The molecule has 0 aliphatic carbocycles. The van der Waals surface area contributed by atoms with Gasteiger partial charge in [-0.25, -0.2) is 0 Å². The molecule has 0 saturated carbocycles. The van der Waals surface area contributed by atoms with Crippen LogP contribution in [0.4, 0.5) is 5.69 Å². The Bertz CT molecular complexity index is 439. The number of benzene rings is 1. The van der Waals surface area contributed by atoms with Crippen molar-refractivity contribution in [2.45, 2.75) is 52.0 Å². The number of rotatable bonds is 5. The Morgan fingerprint density at radius 3 is 2.60 bits per heavy atom. The number of nitrogens with one attached hydrogen (secondary N) is 1. The molecule has 0 bridgehead atoms. The lowest BCUT2D eigenvalue weighted by Crippen LogP contribution is -2.51. The van der Waals surface area contributed by atoms with Crippen LogP contribution in [0.1, 0.15) is 51.5 Å². The number of anilines is 1. The first-order valence-corrected chi connectivity index (χ1v) is 7.78. The molecular formula is C17H26N2O. The molecule has 3 heteroatoms. The highest BCUT2D eigenvalue weighted by Gasteiger charge is 2.28. The predicted octanol–water partition coefficient (Wildman–Crippen LogP) is 3.31. The Morgan fingerprint density at radius 2 is 2.00 bits per heavy atom. The van der Waals surface area contributed by atoms with E-state index in [1.54, 1.807) is 0 Å². The topological polar surface area (TPSA) is 32.3 Å². The maximum atomic E-state index is 12.5. The molecule has 1 atom stereocenters. The van der Waals surface area contributed by atoms with Crippen LogP contribution in [-0.4, -0.2) is 25.0 Å². The molecule has 1 amide bonds. The third-order valence-electron chi connectivity index (χ3n) is 3.95. The van der Waals surface area contributed by atoms with Crippen LogP contribution in [0.25, 0.3) is 0 Å². The van der Waals surface area contributed by atoms with Gasteiger partial charge in [0, 0.05) is 12.2 Å². The molecule has 1 heterocycles. The zero-order valence-corrected chi connectivity index (χ0v) is 12.9. The molecule has 1 aromatic rings. The van der Waals surface area contributed by atoms with Crippen LogP contribution in [0.5, 0.6) is 0 Å². The maximum Gasteiger partial charge on any atom is 0.244 e. The predicted molar refractivity (Wildman–Crippen MR) is 84.2 cm³/mol. The molecule has 1 aliphatic heterocycles. The van der Waals surface area contributed by atoms with E-state index in [4.69, 9.17) is 0 Å². The summed E-state index contributed by atoms with van der Waals surface area (Å²) >= 11 is 0. The van der Waals surface area contributed by atoms with Crippen LogP contribution in [0, 0.1) is 0 Å². The van der Waals surface area contributed by atoms with Crippen LogP contribution >= 0.6 is 0 Å². The second-order valence-corrected chi connectivity index (χ2v) is 5.89. The van der Waals surface area contributed by atoms with Gasteiger partial charge >= 0.3 is 0 Å². The lowest BCUT2D eigenvalue weighted by molar-refractivity contribution is -0.121. The van der Waals surface area contributed by atoms with Crippen LogP contribution in [0.15, 0.2) is 24.3 Å². The van der Waals surface area contributed by atoms with Gasteiger partial charge in [-0.05, 0) is 49.4 Å². The van der Waals surface area contributed by atoms with Crippen LogP contribution < -0.4 is 10.2 Å². The van der Waals surface area contributed by atoms with Crippen molar-refractivity contribution < 1.29 is 4.79 Å². The highest BCUT2D eigenvalue weighted by molar-refractivity contribution is 5.97. The summed E-state index contributed by atoms with van der Waals surface area (Å²) in [5.41, 5.74) is 2.35. The molecule has 2 rings (SSSR count). The minimum absolute atomic E-state index is 0.00604. The third-order valence-corrected chi connectivity index (χ3v) is 3.95. The molecule has 1 N–H and O–H groups in total. The van der Waals surface area contributed by atoms with Gasteiger partial charge < -0.3 is 10.2 Å². The molecule has 1 saturated heterocycles. The summed E-state index contributed by atoms with van der Waals surface area (Å²) in [6, 6.07) is 8.42. The van der Waals surface area contributed by atoms with Gasteiger partial charge in [0.15, 0.2) is 0 Å². The number of hydrogen-bond acceptors (Lipinski definition) is 2. The van der Waals surface area contributed by atoms with E-state index < -0.39 is 0 Å². The van der Waals surface area contributed by atoms with E-state index in [2.05, 4.69) is 50.4 Å². The number of carbonyl (C=O) groups is 1. The molecule has 3 nitrogen and oxygen atoms in total. The van der Waals surface area contributed by atoms with Crippen molar-refractivity contribution in [3.63, 3.8) is 0 Å². The summed E-state index contributed by atoms with van der Waals surface area (Å²) in [6.07, 6.45) is 3.09. The van der Waals surface area contributed by atoms with Crippen LogP contribution in [0.2, 0.25) is 0 Å². The Hall–Kier alpha value is -1.35. The van der Waals surface area contributed by atoms with Gasteiger partial charge in [-0.1, -0.05) is 32.9 Å². The van der Waals surface area contributed by atoms with Gasteiger partial charge in [0.1, 0.15) is 0 Å². The van der Waals surface area contributed by atoms with Crippen molar-refractivity contribution in [2.75, 3.05) is 18.0 Å². The summed E-state index contributed by atoms with van der Waals surface area (Å²) in [5.74, 6) is 0.752. The standard InChI is InChI=1S/C17H26N2O/c1-4-11-18-16-6-5-12-19(17(16)20)15-9-7-14(8-10-15)13(2)3/h7-10,13,16,18H,4-6,11-12H2,1-3H3. The minimum Gasteiger partial charge on any atom is -0.311 e. The van der Waals surface area contributed by atoms with E-state index in [-0.39, 0.29) is 11.9 Å². The summed E-state index contributed by atoms with van der Waals surface area (Å²) < 4.78 is 0. The second kappa shape index (κ2) is 6.89. The van der Waals surface area contributed by atoms with Crippen molar-refractivity contribution in [1.82, 2.24) is 5.32 Å². The van der Waals surface area contributed by atoms with Crippen LogP contribution in [0.3, 0.4) is 0 Å². The average molecular weight is 274 g/mol. The largest absolute Gasteiger partial charge is 0.311 e. The Kier molecular flexibility index (Phi) is 5.18. The fourth-order valence-electron chi connectivity index (χ4n) is 2.68. The minimum atomic E-state index is -0.00604. The van der Waals surface area contributed by atoms with E-state index in [1.807, 2.05) is 4.90 Å². The zero-order valence-electron chi connectivity index (χ0n) is 12.9. The molecule has 1 fully saturated rings. The number of amides is 1. The van der Waals surface area contributed by atoms with E-state index in [0.717, 1.165) is 38.0 Å². The molecule has 0 aromatic heterocycles. The summed E-state index contributed by atoms with van der Waals surface area (Å²) in [4.78, 5) is 14.4. The fourth-order valence-corrected chi connectivity index (χ4v) is 2.68. The van der Waals surface area contributed by atoms with Crippen molar-refractivity contribution >= 4 is 11.6 Å². The highest BCUT2D eigenvalue weighted by Crippen LogP contribution is 2.23. The molecule has 0 radical (unpaired) electrons. The second-order valence-electron chi connectivity index (χ2n) is 5.89. The first kappa shape index (κ1) is 15.0. The first-order valence-electron chi connectivity index (χ1n) is 7.78. The van der Waals surface area contributed by atoms with Crippen molar-refractivity contribution in [3.05, 3.63) is 29.8 Å². The van der Waals surface area contributed by atoms with Gasteiger partial charge in [0.2, 0.25) is 5.91 Å². The van der Waals surface area contributed by atoms with E-state index >= 15 is 0 Å². The van der Waals surface area contributed by atoms with Crippen molar-refractivity contribution in [3.8, 4) is 0 Å². The van der Waals surface area contributed by atoms with Crippen molar-refractivity contribution in [1.29, 1.82) is 0 Å². The van der Waals surface area contributed by atoms with Crippen LogP contribution in [-0.2, 0) is 4.79 Å². The van der Waals surface area contributed by atoms with Gasteiger partial charge in [-0.3, -0.25) is 4.79 Å². The fraction of sp³-hybridized carbons (Fsp3) is 0.588. The summed E-state index contributed by atoms with van der Waals surface area (Å²) in [7, 11) is 0. The van der Waals surface area contributed by atoms with E-state index in [9.17, 15) is 4.79 Å². The number of hydrogen-bond donors (Lipinski definition) is 1. The summed E-state index contributed by atoms with van der Waals surface area (Å²) in [6.45, 7) is 8.25. The molecule has 0 spiro atoms. The Labute approximate surface area is 122 Å². The maximum absolute atomic E-state index is 12.5. The monoisotopic (exact) mass is 274 g/mol. The number of carbonyl (C=O) groups excluding carboxylic acids is 1.